The zero-order valence-electron chi connectivity index (χ0n) is 9.66. The molecule has 1 aromatic carbocycles. The van der Waals surface area contributed by atoms with E-state index >= 15 is 0 Å². The molecule has 3 nitrogen and oxygen atoms in total. The number of terminal acetylenes is 1. The summed E-state index contributed by atoms with van der Waals surface area (Å²) in [5.74, 6) is 2.28. The smallest absolute Gasteiger partial charge is 0.253 e. The van der Waals surface area contributed by atoms with E-state index in [9.17, 15) is 4.79 Å². The molecule has 0 fully saturated rings. The number of anilines is 1. The van der Waals surface area contributed by atoms with Gasteiger partial charge in [-0.2, -0.15) is 0 Å². The monoisotopic (exact) mass is 250 g/mol. The van der Waals surface area contributed by atoms with Crippen LogP contribution in [0.5, 0.6) is 0 Å². The maximum atomic E-state index is 11.9. The molecule has 17 heavy (non-hydrogen) atoms. The van der Waals surface area contributed by atoms with Crippen LogP contribution in [0.1, 0.15) is 30.1 Å². The van der Waals surface area contributed by atoms with Crippen LogP contribution >= 0.6 is 11.6 Å². The van der Waals surface area contributed by atoms with Crippen LogP contribution in [0, 0.1) is 12.3 Å². The zero-order valence-corrected chi connectivity index (χ0v) is 10.4. The molecule has 90 valence electrons. The fraction of sp³-hybridized carbons (Fsp3) is 0.308. The third-order valence-corrected chi connectivity index (χ3v) is 2.76. The molecule has 3 N–H and O–H groups in total. The number of hydrogen-bond acceptors (Lipinski definition) is 2. The second kappa shape index (κ2) is 6.17. The Bertz CT molecular complexity index is 451. The van der Waals surface area contributed by atoms with Crippen molar-refractivity contribution >= 4 is 23.2 Å². The SMILES string of the molecule is C#CCC(CC)NC(=O)c1cc(N)ccc1Cl. The Hall–Kier alpha value is -1.66. The highest BCUT2D eigenvalue weighted by atomic mass is 35.5. The summed E-state index contributed by atoms with van der Waals surface area (Å²) in [7, 11) is 0. The third-order valence-electron chi connectivity index (χ3n) is 2.43. The Kier molecular flexibility index (Phi) is 4.86. The predicted molar refractivity (Wildman–Crippen MR) is 70.9 cm³/mol. The molecule has 0 aromatic heterocycles. The maximum Gasteiger partial charge on any atom is 0.253 e. The second-order valence-electron chi connectivity index (χ2n) is 3.73. The largest absolute Gasteiger partial charge is 0.399 e. The van der Waals surface area contributed by atoms with E-state index in [0.717, 1.165) is 6.42 Å². The lowest BCUT2D eigenvalue weighted by molar-refractivity contribution is 0.0937. The van der Waals surface area contributed by atoms with Crippen molar-refractivity contribution in [2.24, 2.45) is 0 Å². The van der Waals surface area contributed by atoms with Gasteiger partial charge >= 0.3 is 0 Å². The molecule has 0 aliphatic heterocycles. The molecule has 0 saturated carbocycles. The van der Waals surface area contributed by atoms with Crippen molar-refractivity contribution in [3.8, 4) is 12.3 Å². The summed E-state index contributed by atoms with van der Waals surface area (Å²) >= 11 is 5.94. The Morgan fingerprint density at radius 3 is 2.94 bits per heavy atom. The number of rotatable bonds is 4. The summed E-state index contributed by atoms with van der Waals surface area (Å²) in [5, 5.41) is 3.21. The number of carbonyl (C=O) groups excluding carboxylic acids is 1. The quantitative estimate of drug-likeness (QED) is 0.637. The van der Waals surface area contributed by atoms with E-state index < -0.39 is 0 Å². The highest BCUT2D eigenvalue weighted by Crippen LogP contribution is 2.19. The van der Waals surface area contributed by atoms with Crippen LogP contribution in [0.3, 0.4) is 0 Å². The van der Waals surface area contributed by atoms with Gasteiger partial charge in [0.2, 0.25) is 0 Å². The van der Waals surface area contributed by atoms with E-state index in [1.54, 1.807) is 18.2 Å². The van der Waals surface area contributed by atoms with Crippen LogP contribution in [0.2, 0.25) is 5.02 Å². The fourth-order valence-electron chi connectivity index (χ4n) is 1.42. The van der Waals surface area contributed by atoms with Crippen LogP contribution in [-0.4, -0.2) is 11.9 Å². The van der Waals surface area contributed by atoms with Gasteiger partial charge in [0.1, 0.15) is 0 Å². The summed E-state index contributed by atoms with van der Waals surface area (Å²) in [4.78, 5) is 11.9. The molecule has 1 aromatic rings. The van der Waals surface area contributed by atoms with Gasteiger partial charge in [0.25, 0.3) is 5.91 Å². The molecule has 1 rings (SSSR count). The number of halogens is 1. The van der Waals surface area contributed by atoms with Crippen molar-refractivity contribution in [3.05, 3.63) is 28.8 Å². The number of amides is 1. The molecule has 1 unspecified atom stereocenters. The van der Waals surface area contributed by atoms with E-state index in [0.29, 0.717) is 22.7 Å². The first kappa shape index (κ1) is 13.4. The summed E-state index contributed by atoms with van der Waals surface area (Å²) in [6.45, 7) is 1.96. The van der Waals surface area contributed by atoms with Gasteiger partial charge in [0, 0.05) is 18.2 Å². The average Bonchev–Trinajstić information content (AvgIpc) is 2.31. The van der Waals surface area contributed by atoms with Crippen LogP contribution in [0.4, 0.5) is 5.69 Å². The lowest BCUT2D eigenvalue weighted by atomic mass is 10.1. The van der Waals surface area contributed by atoms with Crippen molar-refractivity contribution in [3.63, 3.8) is 0 Å². The lowest BCUT2D eigenvalue weighted by Crippen LogP contribution is -2.34. The van der Waals surface area contributed by atoms with Crippen LogP contribution in [0.25, 0.3) is 0 Å². The molecular formula is C13H15ClN2O. The molecule has 0 saturated heterocycles. The average molecular weight is 251 g/mol. The van der Waals surface area contributed by atoms with E-state index in [1.165, 1.54) is 0 Å². The minimum absolute atomic E-state index is 0.0370. The molecule has 4 heteroatoms. The van der Waals surface area contributed by atoms with Crippen molar-refractivity contribution in [2.75, 3.05) is 5.73 Å². The minimum Gasteiger partial charge on any atom is -0.399 e. The summed E-state index contributed by atoms with van der Waals surface area (Å²) in [6.07, 6.45) is 6.50. The Morgan fingerprint density at radius 1 is 1.65 bits per heavy atom. The van der Waals surface area contributed by atoms with E-state index in [-0.39, 0.29) is 11.9 Å². The van der Waals surface area contributed by atoms with Gasteiger partial charge in [-0.1, -0.05) is 18.5 Å². The summed E-state index contributed by atoms with van der Waals surface area (Å²) < 4.78 is 0. The Balaban J connectivity index is 2.82. The second-order valence-corrected chi connectivity index (χ2v) is 4.13. The van der Waals surface area contributed by atoms with Crippen molar-refractivity contribution < 1.29 is 4.79 Å². The van der Waals surface area contributed by atoms with E-state index in [1.807, 2.05) is 6.92 Å². The standard InChI is InChI=1S/C13H15ClN2O/c1-3-5-10(4-2)16-13(17)11-8-9(15)6-7-12(11)14/h1,6-8,10H,4-5,15H2,2H3,(H,16,17). The van der Waals surface area contributed by atoms with Crippen molar-refractivity contribution in [1.29, 1.82) is 0 Å². The molecule has 0 bridgehead atoms. The van der Waals surface area contributed by atoms with Crippen LogP contribution in [0.15, 0.2) is 18.2 Å². The first-order valence-corrected chi connectivity index (χ1v) is 5.75. The van der Waals surface area contributed by atoms with E-state index in [4.69, 9.17) is 23.8 Å². The molecule has 0 spiro atoms. The molecule has 1 atom stereocenters. The molecule has 0 heterocycles. The Morgan fingerprint density at radius 2 is 2.35 bits per heavy atom. The van der Waals surface area contributed by atoms with Gasteiger partial charge in [-0.3, -0.25) is 4.79 Å². The first-order valence-electron chi connectivity index (χ1n) is 5.37. The van der Waals surface area contributed by atoms with Gasteiger partial charge in [-0.15, -0.1) is 12.3 Å². The van der Waals surface area contributed by atoms with Gasteiger partial charge < -0.3 is 11.1 Å². The minimum atomic E-state index is -0.246. The normalized spacial score (nSPS) is 11.6. The van der Waals surface area contributed by atoms with Crippen molar-refractivity contribution in [2.45, 2.75) is 25.8 Å². The first-order chi connectivity index (χ1) is 8.08. The molecule has 0 aliphatic carbocycles. The molecule has 0 radical (unpaired) electrons. The van der Waals surface area contributed by atoms with Gasteiger partial charge in [-0.25, -0.2) is 0 Å². The number of nitrogens with one attached hydrogen (secondary N) is 1. The van der Waals surface area contributed by atoms with Gasteiger partial charge in [0.05, 0.1) is 10.6 Å². The highest BCUT2D eigenvalue weighted by Gasteiger charge is 2.14. The highest BCUT2D eigenvalue weighted by molar-refractivity contribution is 6.34. The summed E-state index contributed by atoms with van der Waals surface area (Å²) in [6, 6.07) is 4.77. The molecule has 0 aliphatic rings. The number of benzene rings is 1. The Labute approximate surface area is 106 Å². The number of nitrogen functional groups attached to an aromatic ring is 1. The van der Waals surface area contributed by atoms with Crippen LogP contribution < -0.4 is 11.1 Å². The molecular weight excluding hydrogens is 236 g/mol. The number of carbonyl (C=O) groups is 1. The maximum absolute atomic E-state index is 11.9. The van der Waals surface area contributed by atoms with Crippen molar-refractivity contribution in [1.82, 2.24) is 5.32 Å². The third kappa shape index (κ3) is 3.69. The molecule has 1 amide bonds. The zero-order chi connectivity index (χ0) is 12.8. The fourth-order valence-corrected chi connectivity index (χ4v) is 1.62. The topological polar surface area (TPSA) is 55.1 Å². The number of hydrogen-bond donors (Lipinski definition) is 2. The van der Waals surface area contributed by atoms with Gasteiger partial charge in [-0.05, 0) is 24.6 Å². The number of nitrogens with two attached hydrogens (primary N) is 1. The van der Waals surface area contributed by atoms with Crippen LogP contribution in [-0.2, 0) is 0 Å². The lowest BCUT2D eigenvalue weighted by Gasteiger charge is -2.15. The predicted octanol–water partition coefficient (Wildman–Crippen LogP) is 2.45. The van der Waals surface area contributed by atoms with E-state index in [2.05, 4.69) is 11.2 Å². The van der Waals surface area contributed by atoms with Gasteiger partial charge in [0.15, 0.2) is 0 Å². The summed E-state index contributed by atoms with van der Waals surface area (Å²) in [5.41, 5.74) is 6.50.